The molecule has 2 rings (SSSR count). The number of aliphatic hydroxyl groups excluding tert-OH is 2. The van der Waals surface area contributed by atoms with E-state index in [0.717, 1.165) is 0 Å². The second-order valence-corrected chi connectivity index (χ2v) is 4.76. The molecule has 6 nitrogen and oxygen atoms in total. The SMILES string of the molecule is OCCC[C@@H](O)[C@](O)(Cn1cncn1)c1ccccc1. The highest BCUT2D eigenvalue weighted by Crippen LogP contribution is 2.29. The van der Waals surface area contributed by atoms with Crippen LogP contribution in [-0.4, -0.2) is 42.8 Å². The Bertz CT molecular complexity index is 504. The normalized spacial score (nSPS) is 15.8. The second kappa shape index (κ2) is 6.60. The third-order valence-corrected chi connectivity index (χ3v) is 3.33. The minimum absolute atomic E-state index is 0.0226. The molecule has 0 amide bonds. The molecular formula is C14H19N3O3. The highest BCUT2D eigenvalue weighted by atomic mass is 16.3. The molecule has 0 radical (unpaired) electrons. The fourth-order valence-electron chi connectivity index (χ4n) is 2.20. The van der Waals surface area contributed by atoms with Gasteiger partial charge in [0.2, 0.25) is 0 Å². The molecule has 0 fully saturated rings. The van der Waals surface area contributed by atoms with Crippen molar-refractivity contribution < 1.29 is 15.3 Å². The number of benzene rings is 1. The van der Waals surface area contributed by atoms with Crippen LogP contribution in [0.15, 0.2) is 43.0 Å². The lowest BCUT2D eigenvalue weighted by atomic mass is 9.86. The van der Waals surface area contributed by atoms with Gasteiger partial charge in [-0.3, -0.25) is 0 Å². The summed E-state index contributed by atoms with van der Waals surface area (Å²) in [7, 11) is 0. The van der Waals surface area contributed by atoms with Gasteiger partial charge >= 0.3 is 0 Å². The Kier molecular flexibility index (Phi) is 4.84. The number of rotatable bonds is 7. The summed E-state index contributed by atoms with van der Waals surface area (Å²) in [6.45, 7) is 0.0782. The van der Waals surface area contributed by atoms with Crippen molar-refractivity contribution in [2.45, 2.75) is 31.1 Å². The first-order valence-corrected chi connectivity index (χ1v) is 6.56. The van der Waals surface area contributed by atoms with Crippen molar-refractivity contribution in [3.05, 3.63) is 48.5 Å². The lowest BCUT2D eigenvalue weighted by Gasteiger charge is -2.33. The summed E-state index contributed by atoms with van der Waals surface area (Å²) < 4.78 is 1.48. The highest BCUT2D eigenvalue weighted by Gasteiger charge is 2.37. The predicted molar refractivity (Wildman–Crippen MR) is 72.7 cm³/mol. The third-order valence-electron chi connectivity index (χ3n) is 3.33. The van der Waals surface area contributed by atoms with Gasteiger partial charge in [-0.2, -0.15) is 5.10 Å². The summed E-state index contributed by atoms with van der Waals surface area (Å²) in [6.07, 6.45) is 2.60. The van der Waals surface area contributed by atoms with Crippen LogP contribution in [0.25, 0.3) is 0 Å². The minimum atomic E-state index is -1.47. The molecule has 2 atom stereocenters. The number of aromatic nitrogens is 3. The maximum atomic E-state index is 10.9. The van der Waals surface area contributed by atoms with E-state index >= 15 is 0 Å². The van der Waals surface area contributed by atoms with Crippen LogP contribution >= 0.6 is 0 Å². The highest BCUT2D eigenvalue weighted by molar-refractivity contribution is 5.23. The standard InChI is InChI=1S/C14H19N3O3/c18-8-4-7-13(19)14(20,9-17-11-15-10-16-17)12-5-2-1-3-6-12/h1-3,5-6,10-11,13,18-20H,4,7-9H2/t13-,14+/m1/s1. The summed E-state index contributed by atoms with van der Waals surface area (Å²) in [5.41, 5.74) is -0.856. The zero-order valence-electron chi connectivity index (χ0n) is 11.1. The van der Waals surface area contributed by atoms with E-state index in [1.807, 2.05) is 6.07 Å². The predicted octanol–water partition coefficient (Wildman–Crippen LogP) is 0.299. The van der Waals surface area contributed by atoms with E-state index in [1.54, 1.807) is 24.3 Å². The van der Waals surface area contributed by atoms with Crippen molar-refractivity contribution in [3.63, 3.8) is 0 Å². The molecule has 108 valence electrons. The fourth-order valence-corrected chi connectivity index (χ4v) is 2.20. The zero-order chi connectivity index (χ0) is 14.4. The average molecular weight is 277 g/mol. The Hall–Kier alpha value is -1.76. The van der Waals surface area contributed by atoms with Gasteiger partial charge in [0.25, 0.3) is 0 Å². The van der Waals surface area contributed by atoms with Gasteiger partial charge in [0.05, 0.1) is 12.6 Å². The number of hydrogen-bond donors (Lipinski definition) is 3. The molecule has 0 aliphatic carbocycles. The van der Waals surface area contributed by atoms with Crippen molar-refractivity contribution in [1.82, 2.24) is 14.8 Å². The molecule has 1 heterocycles. The Morgan fingerprint density at radius 3 is 2.60 bits per heavy atom. The van der Waals surface area contributed by atoms with E-state index in [4.69, 9.17) is 5.11 Å². The number of aliphatic hydroxyl groups is 3. The van der Waals surface area contributed by atoms with Crippen LogP contribution in [0.3, 0.4) is 0 Å². The van der Waals surface area contributed by atoms with Gasteiger partial charge in [0.1, 0.15) is 18.3 Å². The van der Waals surface area contributed by atoms with Crippen molar-refractivity contribution in [3.8, 4) is 0 Å². The summed E-state index contributed by atoms with van der Waals surface area (Å²) in [4.78, 5) is 3.84. The van der Waals surface area contributed by atoms with E-state index in [-0.39, 0.29) is 13.2 Å². The summed E-state index contributed by atoms with van der Waals surface area (Å²) in [5.74, 6) is 0. The van der Waals surface area contributed by atoms with Gasteiger partial charge in [0, 0.05) is 6.61 Å². The maximum Gasteiger partial charge on any atom is 0.137 e. The largest absolute Gasteiger partial charge is 0.396 e. The van der Waals surface area contributed by atoms with Gasteiger partial charge in [-0.15, -0.1) is 0 Å². The Morgan fingerprint density at radius 2 is 2.00 bits per heavy atom. The van der Waals surface area contributed by atoms with E-state index in [9.17, 15) is 10.2 Å². The fraction of sp³-hybridized carbons (Fsp3) is 0.429. The quantitative estimate of drug-likeness (QED) is 0.677. The zero-order valence-corrected chi connectivity index (χ0v) is 11.1. The van der Waals surface area contributed by atoms with Gasteiger partial charge < -0.3 is 15.3 Å². The Labute approximate surface area is 117 Å². The van der Waals surface area contributed by atoms with Crippen LogP contribution in [0.4, 0.5) is 0 Å². The van der Waals surface area contributed by atoms with Crippen LogP contribution in [-0.2, 0) is 12.1 Å². The first kappa shape index (κ1) is 14.6. The second-order valence-electron chi connectivity index (χ2n) is 4.76. The molecule has 6 heteroatoms. The third kappa shape index (κ3) is 3.22. The van der Waals surface area contributed by atoms with Crippen molar-refractivity contribution >= 4 is 0 Å². The molecule has 3 N–H and O–H groups in total. The molecule has 0 bridgehead atoms. The lowest BCUT2D eigenvalue weighted by Crippen LogP contribution is -2.43. The lowest BCUT2D eigenvalue weighted by molar-refractivity contribution is -0.0983. The topological polar surface area (TPSA) is 91.4 Å². The molecule has 0 aliphatic rings. The van der Waals surface area contributed by atoms with E-state index in [1.165, 1.54) is 17.3 Å². The molecule has 0 aliphatic heterocycles. The van der Waals surface area contributed by atoms with Crippen LogP contribution in [0, 0.1) is 0 Å². The van der Waals surface area contributed by atoms with E-state index in [0.29, 0.717) is 18.4 Å². The van der Waals surface area contributed by atoms with Crippen LogP contribution in [0.1, 0.15) is 18.4 Å². The molecule has 0 spiro atoms. The average Bonchev–Trinajstić information content (AvgIpc) is 2.98. The molecule has 2 aromatic rings. The summed E-state index contributed by atoms with van der Waals surface area (Å²) in [5, 5.41) is 34.1. The summed E-state index contributed by atoms with van der Waals surface area (Å²) >= 11 is 0. The van der Waals surface area contributed by atoms with Gasteiger partial charge in [-0.05, 0) is 18.4 Å². The molecule has 0 saturated carbocycles. The van der Waals surface area contributed by atoms with Gasteiger partial charge in [-0.25, -0.2) is 9.67 Å². The number of hydrogen-bond acceptors (Lipinski definition) is 5. The molecule has 20 heavy (non-hydrogen) atoms. The van der Waals surface area contributed by atoms with Crippen LogP contribution in [0.2, 0.25) is 0 Å². The van der Waals surface area contributed by atoms with Crippen LogP contribution < -0.4 is 0 Å². The molecular weight excluding hydrogens is 258 g/mol. The van der Waals surface area contributed by atoms with E-state index < -0.39 is 11.7 Å². The molecule has 0 unspecified atom stereocenters. The van der Waals surface area contributed by atoms with E-state index in [2.05, 4.69) is 10.1 Å². The summed E-state index contributed by atoms with van der Waals surface area (Å²) in [6, 6.07) is 8.98. The minimum Gasteiger partial charge on any atom is -0.396 e. The first-order chi connectivity index (χ1) is 9.66. The van der Waals surface area contributed by atoms with Crippen molar-refractivity contribution in [2.24, 2.45) is 0 Å². The molecule has 0 saturated heterocycles. The Balaban J connectivity index is 2.27. The van der Waals surface area contributed by atoms with Crippen molar-refractivity contribution in [1.29, 1.82) is 0 Å². The smallest absolute Gasteiger partial charge is 0.137 e. The van der Waals surface area contributed by atoms with Gasteiger partial charge in [0.15, 0.2) is 0 Å². The van der Waals surface area contributed by atoms with Crippen LogP contribution in [0.5, 0.6) is 0 Å². The van der Waals surface area contributed by atoms with Crippen molar-refractivity contribution in [2.75, 3.05) is 6.61 Å². The van der Waals surface area contributed by atoms with Gasteiger partial charge in [-0.1, -0.05) is 30.3 Å². The molecule has 1 aromatic heterocycles. The first-order valence-electron chi connectivity index (χ1n) is 6.56. The number of nitrogens with zero attached hydrogens (tertiary/aromatic N) is 3. The maximum absolute atomic E-state index is 10.9. The molecule has 1 aromatic carbocycles. The Morgan fingerprint density at radius 1 is 1.25 bits per heavy atom. The monoisotopic (exact) mass is 277 g/mol.